The van der Waals surface area contributed by atoms with Gasteiger partial charge < -0.3 is 9.73 Å². The van der Waals surface area contributed by atoms with Crippen molar-refractivity contribution in [3.05, 3.63) is 48.1 Å². The number of aromatic nitrogens is 1. The predicted molar refractivity (Wildman–Crippen MR) is 99.3 cm³/mol. The lowest BCUT2D eigenvalue weighted by Crippen LogP contribution is -2.41. The van der Waals surface area contributed by atoms with E-state index in [2.05, 4.69) is 10.3 Å². The van der Waals surface area contributed by atoms with E-state index in [1.54, 1.807) is 29.2 Å². The van der Waals surface area contributed by atoms with Crippen LogP contribution in [0, 0.1) is 5.95 Å². The van der Waals surface area contributed by atoms with Crippen LogP contribution in [-0.4, -0.2) is 26.9 Å². The Balaban J connectivity index is 1.64. The zero-order valence-corrected chi connectivity index (χ0v) is 14.9. The molecule has 2 fully saturated rings. The van der Waals surface area contributed by atoms with Gasteiger partial charge in [-0.3, -0.25) is 9.69 Å². The van der Waals surface area contributed by atoms with E-state index in [0.717, 1.165) is 25.7 Å². The van der Waals surface area contributed by atoms with Gasteiger partial charge in [-0.2, -0.15) is 4.39 Å². The topological polar surface area (TPSA) is 58.4 Å². The Kier molecular flexibility index (Phi) is 4.55. The number of hydrogen-bond donors (Lipinski definition) is 1. The lowest BCUT2D eigenvalue weighted by Gasteiger charge is -2.29. The first-order chi connectivity index (χ1) is 12.6. The Bertz CT molecular complexity index is 886. The van der Waals surface area contributed by atoms with Gasteiger partial charge in [-0.05, 0) is 43.3 Å². The van der Waals surface area contributed by atoms with Crippen LogP contribution in [0.25, 0.3) is 17.2 Å². The summed E-state index contributed by atoms with van der Waals surface area (Å²) in [7, 11) is 0. The molecule has 3 heterocycles. The summed E-state index contributed by atoms with van der Waals surface area (Å²) >= 11 is 5.37. The maximum atomic E-state index is 14.0. The fourth-order valence-electron chi connectivity index (χ4n) is 3.59. The van der Waals surface area contributed by atoms with Gasteiger partial charge in [0, 0.05) is 29.4 Å². The number of nitrogens with zero attached hydrogens (tertiary/aromatic N) is 2. The summed E-state index contributed by atoms with van der Waals surface area (Å²) in [5.74, 6) is -0.351. The zero-order chi connectivity index (χ0) is 18.1. The largest absolute Gasteiger partial charge is 0.464 e. The van der Waals surface area contributed by atoms with Gasteiger partial charge in [0.1, 0.15) is 11.5 Å². The van der Waals surface area contributed by atoms with E-state index >= 15 is 0 Å². The summed E-state index contributed by atoms with van der Waals surface area (Å²) in [6.45, 7) is 0. The van der Waals surface area contributed by atoms with Crippen LogP contribution >= 0.6 is 12.2 Å². The van der Waals surface area contributed by atoms with Gasteiger partial charge in [0.05, 0.1) is 6.26 Å². The molecule has 0 atom stereocenters. The first-order valence-corrected chi connectivity index (χ1v) is 9.10. The quantitative estimate of drug-likeness (QED) is 0.504. The molecule has 5 nitrogen and oxygen atoms in total. The van der Waals surface area contributed by atoms with Crippen LogP contribution in [-0.2, 0) is 4.79 Å². The monoisotopic (exact) mass is 371 g/mol. The fourth-order valence-corrected chi connectivity index (χ4v) is 3.93. The number of halogens is 1. The number of hydrogen-bond acceptors (Lipinski definition) is 4. The molecule has 1 aliphatic heterocycles. The van der Waals surface area contributed by atoms with Crippen molar-refractivity contribution < 1.29 is 13.6 Å². The van der Waals surface area contributed by atoms with Gasteiger partial charge in [-0.25, -0.2) is 4.98 Å². The van der Waals surface area contributed by atoms with Crippen molar-refractivity contribution in [3.8, 4) is 11.1 Å². The van der Waals surface area contributed by atoms with Gasteiger partial charge in [-0.1, -0.05) is 19.3 Å². The third kappa shape index (κ3) is 3.03. The molecule has 1 amide bonds. The molecule has 134 valence electrons. The molecule has 0 radical (unpaired) electrons. The normalized spacial score (nSPS) is 20.0. The number of nitrogens with one attached hydrogen (secondary N) is 1. The summed E-state index contributed by atoms with van der Waals surface area (Å²) in [5, 5.41) is 3.41. The highest BCUT2D eigenvalue weighted by molar-refractivity contribution is 7.80. The molecule has 0 aromatic carbocycles. The third-order valence-electron chi connectivity index (χ3n) is 4.87. The Hall–Kier alpha value is -2.54. The molecular weight excluding hydrogens is 353 g/mol. The van der Waals surface area contributed by atoms with Crippen LogP contribution < -0.4 is 5.32 Å². The van der Waals surface area contributed by atoms with Crippen LogP contribution in [0.4, 0.5) is 4.39 Å². The second-order valence-corrected chi connectivity index (χ2v) is 6.88. The van der Waals surface area contributed by atoms with Crippen molar-refractivity contribution in [1.82, 2.24) is 15.2 Å². The maximum Gasteiger partial charge on any atom is 0.276 e. The zero-order valence-electron chi connectivity index (χ0n) is 14.1. The van der Waals surface area contributed by atoms with Gasteiger partial charge in [0.2, 0.25) is 5.95 Å². The molecule has 0 bridgehead atoms. The number of thiocarbonyl (C=S) groups is 1. The lowest BCUT2D eigenvalue weighted by atomic mass is 9.94. The lowest BCUT2D eigenvalue weighted by molar-refractivity contribution is -0.124. The third-order valence-corrected chi connectivity index (χ3v) is 5.17. The van der Waals surface area contributed by atoms with Gasteiger partial charge in [-0.15, -0.1) is 0 Å². The molecule has 26 heavy (non-hydrogen) atoms. The second kappa shape index (κ2) is 6.99. The van der Waals surface area contributed by atoms with Gasteiger partial charge >= 0.3 is 0 Å². The van der Waals surface area contributed by atoms with E-state index < -0.39 is 5.95 Å². The highest BCUT2D eigenvalue weighted by Gasteiger charge is 2.36. The van der Waals surface area contributed by atoms with Crippen molar-refractivity contribution in [2.75, 3.05) is 0 Å². The molecule has 0 spiro atoms. The standard InChI is InChI=1S/C19H18FN3O2S/c20-17-14(7-4-9-21-17)13-8-10-25-16(13)11-15-18(24)23(19(26)22-15)12-5-2-1-3-6-12/h4,7-12H,1-3,5-6H2,(H,22,26). The minimum Gasteiger partial charge on any atom is -0.464 e. The van der Waals surface area contributed by atoms with E-state index in [9.17, 15) is 9.18 Å². The second-order valence-electron chi connectivity index (χ2n) is 6.50. The Morgan fingerprint density at radius 1 is 1.27 bits per heavy atom. The summed E-state index contributed by atoms with van der Waals surface area (Å²) in [5.41, 5.74) is 1.21. The van der Waals surface area contributed by atoms with Crippen molar-refractivity contribution in [1.29, 1.82) is 0 Å². The number of carbonyl (C=O) groups is 1. The Labute approximate surface area is 155 Å². The molecule has 0 unspecified atom stereocenters. The summed E-state index contributed by atoms with van der Waals surface area (Å²) < 4.78 is 19.5. The van der Waals surface area contributed by atoms with Crippen LogP contribution in [0.2, 0.25) is 0 Å². The molecule has 1 saturated heterocycles. The van der Waals surface area contributed by atoms with E-state index in [1.807, 2.05) is 0 Å². The van der Waals surface area contributed by atoms with Crippen molar-refractivity contribution in [3.63, 3.8) is 0 Å². The first kappa shape index (κ1) is 16.9. The van der Waals surface area contributed by atoms with Gasteiger partial charge in [0.25, 0.3) is 5.91 Å². The number of carbonyl (C=O) groups excluding carboxylic acids is 1. The van der Waals surface area contributed by atoms with Crippen molar-refractivity contribution in [2.24, 2.45) is 0 Å². The molecule has 4 rings (SSSR count). The van der Waals surface area contributed by atoms with Crippen molar-refractivity contribution >= 4 is 29.3 Å². The first-order valence-electron chi connectivity index (χ1n) is 8.70. The highest BCUT2D eigenvalue weighted by atomic mass is 32.1. The molecular formula is C19H18FN3O2S. The molecule has 7 heteroatoms. The van der Waals surface area contributed by atoms with Crippen molar-refractivity contribution in [2.45, 2.75) is 38.1 Å². The van der Waals surface area contributed by atoms with E-state index in [1.165, 1.54) is 18.9 Å². The smallest absolute Gasteiger partial charge is 0.276 e. The van der Waals surface area contributed by atoms with Gasteiger partial charge in [0.15, 0.2) is 5.11 Å². The van der Waals surface area contributed by atoms with E-state index in [4.69, 9.17) is 16.6 Å². The molecule has 2 aliphatic rings. The molecule has 2 aromatic heterocycles. The van der Waals surface area contributed by atoms with Crippen LogP contribution in [0.5, 0.6) is 0 Å². The number of rotatable bonds is 3. The molecule has 1 N–H and O–H groups in total. The Morgan fingerprint density at radius 3 is 2.85 bits per heavy atom. The minimum atomic E-state index is -0.585. The summed E-state index contributed by atoms with van der Waals surface area (Å²) in [6.07, 6.45) is 9.79. The molecule has 2 aromatic rings. The Morgan fingerprint density at radius 2 is 2.08 bits per heavy atom. The SMILES string of the molecule is O=C1C(=Cc2occc2-c2cccnc2F)NC(=S)N1C1CCCCC1. The number of amides is 1. The predicted octanol–water partition coefficient (Wildman–Crippen LogP) is 3.87. The van der Waals surface area contributed by atoms with Crippen LogP contribution in [0.1, 0.15) is 37.9 Å². The van der Waals surface area contributed by atoms with E-state index in [-0.39, 0.29) is 11.9 Å². The van der Waals surface area contributed by atoms with Crippen LogP contribution in [0.15, 0.2) is 40.8 Å². The number of furan rings is 1. The summed E-state index contributed by atoms with van der Waals surface area (Å²) in [4.78, 5) is 18.2. The number of pyridine rings is 1. The highest BCUT2D eigenvalue weighted by Crippen LogP contribution is 2.30. The average molecular weight is 371 g/mol. The maximum absolute atomic E-state index is 14.0. The van der Waals surface area contributed by atoms with E-state index in [0.29, 0.717) is 27.7 Å². The molecule has 1 saturated carbocycles. The fraction of sp³-hybridized carbons (Fsp3) is 0.316. The average Bonchev–Trinajstić information content (AvgIpc) is 3.21. The van der Waals surface area contributed by atoms with Crippen LogP contribution in [0.3, 0.4) is 0 Å². The molecule has 1 aliphatic carbocycles. The minimum absolute atomic E-state index is 0.147. The summed E-state index contributed by atoms with van der Waals surface area (Å²) in [6, 6.07) is 5.08.